The normalized spacial score (nSPS) is 21.9. The van der Waals surface area contributed by atoms with Crippen molar-refractivity contribution in [3.8, 4) is 5.75 Å². The highest BCUT2D eigenvalue weighted by Gasteiger charge is 2.47. The number of hydrogen-bond acceptors (Lipinski definition) is 7. The van der Waals surface area contributed by atoms with Crippen molar-refractivity contribution in [1.29, 1.82) is 0 Å². The van der Waals surface area contributed by atoms with Crippen LogP contribution in [-0.4, -0.2) is 61.1 Å². The molecule has 35 heavy (non-hydrogen) atoms. The monoisotopic (exact) mass is 517 g/mol. The van der Waals surface area contributed by atoms with Crippen LogP contribution in [0.1, 0.15) is 37.6 Å². The summed E-state index contributed by atoms with van der Waals surface area (Å²) >= 11 is 0. The average molecular weight is 518 g/mol. The summed E-state index contributed by atoms with van der Waals surface area (Å²) in [4.78, 5) is 10.8. The standard InChI is InChI=1S/C22H27F4N5O3S/c1-22(12-18(25)26)19-16(7-10-31(22)35(2,32)33)28-20(27)21(29-19)30-8-5-14(6-9-30)34-17-4-3-13(23)11-15(17)24/h3-4,11,14,18H,5-10,12H2,1-2H3,(H2,27,28). The molecule has 1 aromatic carbocycles. The highest BCUT2D eigenvalue weighted by molar-refractivity contribution is 7.88. The van der Waals surface area contributed by atoms with Crippen molar-refractivity contribution in [3.05, 3.63) is 41.2 Å². The Morgan fingerprint density at radius 2 is 1.89 bits per heavy atom. The predicted octanol–water partition coefficient (Wildman–Crippen LogP) is 3.07. The number of sulfonamides is 1. The minimum Gasteiger partial charge on any atom is -0.487 e. The Labute approximate surface area is 201 Å². The number of nitrogens with two attached hydrogens (primary N) is 1. The molecule has 0 spiro atoms. The van der Waals surface area contributed by atoms with Gasteiger partial charge in [0.25, 0.3) is 0 Å². The van der Waals surface area contributed by atoms with Gasteiger partial charge in [-0.15, -0.1) is 0 Å². The van der Waals surface area contributed by atoms with Crippen LogP contribution in [0.25, 0.3) is 0 Å². The van der Waals surface area contributed by atoms with E-state index in [9.17, 15) is 26.0 Å². The van der Waals surface area contributed by atoms with Gasteiger partial charge in [-0.25, -0.2) is 35.9 Å². The summed E-state index contributed by atoms with van der Waals surface area (Å²) < 4.78 is 85.7. The Kier molecular flexibility index (Phi) is 6.84. The molecule has 1 fully saturated rings. The number of benzene rings is 1. The number of hydrogen-bond donors (Lipinski definition) is 1. The summed E-state index contributed by atoms with van der Waals surface area (Å²) in [7, 11) is -3.80. The van der Waals surface area contributed by atoms with Gasteiger partial charge in [0.1, 0.15) is 11.9 Å². The highest BCUT2D eigenvalue weighted by atomic mass is 32.2. The molecule has 0 amide bonds. The Hall–Kier alpha value is -2.67. The minimum atomic E-state index is -3.80. The van der Waals surface area contributed by atoms with Crippen molar-refractivity contribution in [3.63, 3.8) is 0 Å². The van der Waals surface area contributed by atoms with Crippen LogP contribution >= 0.6 is 0 Å². The number of aromatic nitrogens is 2. The molecule has 2 aromatic rings. The number of ether oxygens (including phenoxy) is 1. The van der Waals surface area contributed by atoms with E-state index >= 15 is 0 Å². The topological polar surface area (TPSA) is 102 Å². The van der Waals surface area contributed by atoms with E-state index in [0.29, 0.717) is 31.6 Å². The number of rotatable bonds is 6. The van der Waals surface area contributed by atoms with E-state index in [0.717, 1.165) is 22.7 Å². The van der Waals surface area contributed by atoms with E-state index in [1.165, 1.54) is 13.0 Å². The number of piperidine rings is 1. The zero-order valence-corrected chi connectivity index (χ0v) is 20.2. The smallest absolute Gasteiger partial charge is 0.240 e. The molecule has 2 aliphatic rings. The molecule has 13 heteroatoms. The van der Waals surface area contributed by atoms with Crippen LogP contribution in [0.2, 0.25) is 0 Å². The summed E-state index contributed by atoms with van der Waals surface area (Å²) in [5.74, 6) is -1.11. The number of anilines is 2. The fourth-order valence-electron chi connectivity index (χ4n) is 4.85. The fraction of sp³-hybridized carbons (Fsp3) is 0.545. The van der Waals surface area contributed by atoms with E-state index in [4.69, 9.17) is 10.5 Å². The molecule has 1 aromatic heterocycles. The maximum Gasteiger partial charge on any atom is 0.240 e. The van der Waals surface area contributed by atoms with Gasteiger partial charge in [0.05, 0.1) is 23.2 Å². The molecule has 1 saturated heterocycles. The second kappa shape index (κ2) is 9.41. The SMILES string of the molecule is CC1(CC(F)F)c2nc(N3CCC(Oc4ccc(F)cc4F)CC3)c(N)nc2CCN1S(C)(=O)=O. The van der Waals surface area contributed by atoms with Crippen LogP contribution in [0.5, 0.6) is 5.75 Å². The first-order valence-electron chi connectivity index (χ1n) is 11.2. The third-order valence-electron chi connectivity index (χ3n) is 6.47. The van der Waals surface area contributed by atoms with E-state index in [-0.39, 0.29) is 42.1 Å². The van der Waals surface area contributed by atoms with Crippen LogP contribution in [0, 0.1) is 11.6 Å². The first-order chi connectivity index (χ1) is 16.4. The van der Waals surface area contributed by atoms with Crippen molar-refractivity contribution >= 4 is 21.7 Å². The minimum absolute atomic E-state index is 0.00516. The lowest BCUT2D eigenvalue weighted by Crippen LogP contribution is -2.53. The fourth-order valence-corrected chi connectivity index (χ4v) is 6.17. The summed E-state index contributed by atoms with van der Waals surface area (Å²) in [6.45, 7) is 2.26. The molecule has 192 valence electrons. The summed E-state index contributed by atoms with van der Waals surface area (Å²) in [5.41, 5.74) is 5.16. The Morgan fingerprint density at radius 1 is 1.20 bits per heavy atom. The zero-order chi connectivity index (χ0) is 25.5. The molecular formula is C22H27F4N5O3S. The number of alkyl halides is 2. The Balaban J connectivity index is 1.58. The van der Waals surface area contributed by atoms with E-state index in [1.54, 1.807) is 0 Å². The maximum atomic E-state index is 13.9. The largest absolute Gasteiger partial charge is 0.487 e. The summed E-state index contributed by atoms with van der Waals surface area (Å²) in [5, 5.41) is 0. The highest BCUT2D eigenvalue weighted by Crippen LogP contribution is 2.41. The third-order valence-corrected chi connectivity index (χ3v) is 7.86. The van der Waals surface area contributed by atoms with Crippen molar-refractivity contribution in [2.75, 3.05) is 36.5 Å². The first kappa shape index (κ1) is 25.4. The second-order valence-electron chi connectivity index (χ2n) is 9.06. The van der Waals surface area contributed by atoms with Gasteiger partial charge in [-0.2, -0.15) is 4.31 Å². The molecular weight excluding hydrogens is 490 g/mol. The first-order valence-corrected chi connectivity index (χ1v) is 13.0. The summed E-state index contributed by atoms with van der Waals surface area (Å²) in [6.07, 6.45) is -1.69. The lowest BCUT2D eigenvalue weighted by Gasteiger charge is -2.43. The van der Waals surface area contributed by atoms with Gasteiger partial charge >= 0.3 is 0 Å². The number of halogens is 4. The molecule has 4 rings (SSSR count). The number of fused-ring (bicyclic) bond motifs is 1. The van der Waals surface area contributed by atoms with Crippen LogP contribution in [0.15, 0.2) is 18.2 Å². The van der Waals surface area contributed by atoms with Gasteiger partial charge in [0.2, 0.25) is 16.4 Å². The van der Waals surface area contributed by atoms with Crippen molar-refractivity contribution < 1.29 is 30.7 Å². The zero-order valence-electron chi connectivity index (χ0n) is 19.3. The van der Waals surface area contributed by atoms with E-state index < -0.39 is 40.0 Å². The molecule has 8 nitrogen and oxygen atoms in total. The molecule has 1 atom stereocenters. The van der Waals surface area contributed by atoms with Gasteiger partial charge in [-0.1, -0.05) is 0 Å². The lowest BCUT2D eigenvalue weighted by atomic mass is 9.87. The van der Waals surface area contributed by atoms with Crippen LogP contribution in [0.3, 0.4) is 0 Å². The van der Waals surface area contributed by atoms with Crippen LogP contribution in [-0.2, 0) is 22.0 Å². The second-order valence-corrected chi connectivity index (χ2v) is 11.0. The summed E-state index contributed by atoms with van der Waals surface area (Å²) in [6, 6.07) is 3.11. The molecule has 0 aliphatic carbocycles. The molecule has 1 unspecified atom stereocenters. The molecule has 0 radical (unpaired) electrons. The van der Waals surface area contributed by atoms with E-state index in [2.05, 4.69) is 9.97 Å². The van der Waals surface area contributed by atoms with Crippen LogP contribution in [0.4, 0.5) is 29.2 Å². The average Bonchev–Trinajstić information content (AvgIpc) is 2.74. The number of nitrogen functional groups attached to an aromatic ring is 1. The molecule has 2 N–H and O–H groups in total. The van der Waals surface area contributed by atoms with Gasteiger partial charge in [-0.3, -0.25) is 0 Å². The van der Waals surface area contributed by atoms with Crippen molar-refractivity contribution in [2.24, 2.45) is 0 Å². The van der Waals surface area contributed by atoms with Crippen molar-refractivity contribution in [1.82, 2.24) is 14.3 Å². The maximum absolute atomic E-state index is 13.9. The number of nitrogens with zero attached hydrogens (tertiary/aromatic N) is 4. The molecule has 0 saturated carbocycles. The van der Waals surface area contributed by atoms with Gasteiger partial charge in [-0.05, 0) is 19.1 Å². The van der Waals surface area contributed by atoms with Gasteiger partial charge in [0, 0.05) is 51.4 Å². The van der Waals surface area contributed by atoms with Crippen molar-refractivity contribution in [2.45, 2.75) is 50.7 Å². The lowest BCUT2D eigenvalue weighted by molar-refractivity contribution is 0.0565. The molecule has 3 heterocycles. The quantitative estimate of drug-likeness (QED) is 0.588. The molecule has 2 aliphatic heterocycles. The van der Waals surface area contributed by atoms with Gasteiger partial charge in [0.15, 0.2) is 23.2 Å². The van der Waals surface area contributed by atoms with Crippen LogP contribution < -0.4 is 15.4 Å². The predicted molar refractivity (Wildman–Crippen MR) is 122 cm³/mol. The third kappa shape index (κ3) is 5.15. The molecule has 0 bridgehead atoms. The Bertz CT molecular complexity index is 1210. The van der Waals surface area contributed by atoms with Gasteiger partial charge < -0.3 is 15.4 Å². The van der Waals surface area contributed by atoms with E-state index in [1.807, 2.05) is 4.90 Å². The Morgan fingerprint density at radius 3 is 2.49 bits per heavy atom.